The van der Waals surface area contributed by atoms with E-state index in [9.17, 15) is 9.90 Å². The van der Waals surface area contributed by atoms with Crippen molar-refractivity contribution in [1.29, 1.82) is 0 Å². The second-order valence-electron chi connectivity index (χ2n) is 5.29. The van der Waals surface area contributed by atoms with Crippen molar-refractivity contribution in [1.82, 2.24) is 5.32 Å². The number of nitrogens with one attached hydrogen (secondary N) is 1. The summed E-state index contributed by atoms with van der Waals surface area (Å²) in [5.41, 5.74) is 6.90. The smallest absolute Gasteiger partial charge is 0.237 e. The molecule has 0 saturated heterocycles. The first-order chi connectivity index (χ1) is 9.96. The third kappa shape index (κ3) is 5.25. The maximum atomic E-state index is 12.1. The highest BCUT2D eigenvalue weighted by Crippen LogP contribution is 2.29. The average molecular weight is 310 g/mol. The van der Waals surface area contributed by atoms with Gasteiger partial charge < -0.3 is 16.2 Å². The molecular formula is C16H26N2O2S. The number of nitrogens with two attached hydrogens (primary N) is 1. The Kier molecular flexibility index (Phi) is 7.05. The number of carbonyl (C=O) groups excluding carboxylic acids is 1. The molecule has 118 valence electrons. The summed E-state index contributed by atoms with van der Waals surface area (Å²) >= 11 is 1.79. The van der Waals surface area contributed by atoms with E-state index in [-0.39, 0.29) is 16.4 Å². The highest BCUT2D eigenvalue weighted by Gasteiger charge is 2.26. The zero-order valence-electron chi connectivity index (χ0n) is 13.1. The van der Waals surface area contributed by atoms with Crippen LogP contribution in [0.4, 0.5) is 0 Å². The summed E-state index contributed by atoms with van der Waals surface area (Å²) in [5, 5.41) is 12.2. The molecule has 1 aromatic carbocycles. The molecule has 0 heterocycles. The molecule has 1 atom stereocenters. The van der Waals surface area contributed by atoms with Crippen LogP contribution in [0.15, 0.2) is 24.3 Å². The van der Waals surface area contributed by atoms with Gasteiger partial charge in [0.2, 0.25) is 5.91 Å². The number of hydrogen-bond donors (Lipinski definition) is 3. The van der Waals surface area contributed by atoms with Gasteiger partial charge >= 0.3 is 0 Å². The Morgan fingerprint density at radius 3 is 2.38 bits per heavy atom. The third-order valence-electron chi connectivity index (χ3n) is 4.04. The van der Waals surface area contributed by atoms with Gasteiger partial charge in [-0.15, -0.1) is 0 Å². The molecule has 0 aromatic heterocycles. The van der Waals surface area contributed by atoms with Gasteiger partial charge in [0.15, 0.2) is 0 Å². The first-order valence-corrected chi connectivity index (χ1v) is 8.55. The van der Waals surface area contributed by atoms with Crippen LogP contribution in [-0.2, 0) is 11.2 Å². The van der Waals surface area contributed by atoms with E-state index >= 15 is 0 Å². The molecule has 0 aliphatic rings. The summed E-state index contributed by atoms with van der Waals surface area (Å²) in [6, 6.07) is 6.21. The van der Waals surface area contributed by atoms with Crippen molar-refractivity contribution in [2.24, 2.45) is 5.73 Å². The Balaban J connectivity index is 2.53. The number of hydrogen-bond acceptors (Lipinski definition) is 4. The molecule has 4 nitrogen and oxygen atoms in total. The predicted octanol–water partition coefficient (Wildman–Crippen LogP) is 2.30. The fourth-order valence-corrected chi connectivity index (χ4v) is 3.01. The molecule has 21 heavy (non-hydrogen) atoms. The van der Waals surface area contributed by atoms with Gasteiger partial charge in [0.05, 0.1) is 6.04 Å². The normalized spacial score (nSPS) is 13.0. The number of phenolic OH excluding ortho intramolecular Hbond substituents is 1. The van der Waals surface area contributed by atoms with Crippen LogP contribution in [0.2, 0.25) is 0 Å². The highest BCUT2D eigenvalue weighted by atomic mass is 32.2. The van der Waals surface area contributed by atoms with Crippen LogP contribution in [0, 0.1) is 0 Å². The monoisotopic (exact) mass is 310 g/mol. The number of aromatic hydroxyl groups is 1. The molecule has 4 N–H and O–H groups in total. The van der Waals surface area contributed by atoms with Crippen molar-refractivity contribution in [3.63, 3.8) is 0 Å². The van der Waals surface area contributed by atoms with Gasteiger partial charge in [0, 0.05) is 11.3 Å². The van der Waals surface area contributed by atoms with E-state index in [0.29, 0.717) is 13.0 Å². The van der Waals surface area contributed by atoms with Gasteiger partial charge in [-0.25, -0.2) is 0 Å². The lowest BCUT2D eigenvalue weighted by atomic mass is 10.0. The molecule has 0 unspecified atom stereocenters. The maximum Gasteiger partial charge on any atom is 0.237 e. The van der Waals surface area contributed by atoms with Crippen molar-refractivity contribution in [3.8, 4) is 5.75 Å². The molecular weight excluding hydrogens is 284 g/mol. The molecule has 0 bridgehead atoms. The lowest BCUT2D eigenvalue weighted by Crippen LogP contribution is -2.47. The van der Waals surface area contributed by atoms with Gasteiger partial charge in [-0.1, -0.05) is 26.0 Å². The van der Waals surface area contributed by atoms with Crippen molar-refractivity contribution in [3.05, 3.63) is 29.8 Å². The SMILES string of the molecule is CCC(CC)(CNC(=O)[C@H](N)Cc1ccc(O)cc1)SC. The first kappa shape index (κ1) is 17.9. The Hall–Kier alpha value is -1.20. The van der Waals surface area contributed by atoms with E-state index in [1.165, 1.54) is 0 Å². The van der Waals surface area contributed by atoms with Gasteiger partial charge in [0.25, 0.3) is 0 Å². The van der Waals surface area contributed by atoms with E-state index in [1.54, 1.807) is 36.0 Å². The number of phenols is 1. The van der Waals surface area contributed by atoms with Gasteiger partial charge in [-0.2, -0.15) is 11.8 Å². The summed E-state index contributed by atoms with van der Waals surface area (Å²) in [6.07, 6.45) is 4.57. The van der Waals surface area contributed by atoms with Crippen LogP contribution in [-0.4, -0.2) is 34.6 Å². The summed E-state index contributed by atoms with van der Waals surface area (Å²) in [5.74, 6) is 0.0934. The summed E-state index contributed by atoms with van der Waals surface area (Å²) in [6.45, 7) is 4.92. The largest absolute Gasteiger partial charge is 0.508 e. The zero-order valence-corrected chi connectivity index (χ0v) is 13.9. The molecule has 5 heteroatoms. The minimum Gasteiger partial charge on any atom is -0.508 e. The fraction of sp³-hybridized carbons (Fsp3) is 0.562. The molecule has 0 aliphatic carbocycles. The second kappa shape index (κ2) is 8.29. The van der Waals surface area contributed by atoms with Crippen LogP contribution in [0.5, 0.6) is 5.75 Å². The van der Waals surface area contributed by atoms with Gasteiger partial charge in [-0.05, 0) is 43.2 Å². The number of amides is 1. The first-order valence-electron chi connectivity index (χ1n) is 7.32. The van der Waals surface area contributed by atoms with Crippen molar-refractivity contribution in [2.45, 2.75) is 43.9 Å². The van der Waals surface area contributed by atoms with E-state index < -0.39 is 6.04 Å². The van der Waals surface area contributed by atoms with Gasteiger partial charge in [0.1, 0.15) is 5.75 Å². The minimum absolute atomic E-state index is 0.0912. The van der Waals surface area contributed by atoms with Crippen LogP contribution >= 0.6 is 11.8 Å². The average Bonchev–Trinajstić information content (AvgIpc) is 2.51. The van der Waals surface area contributed by atoms with Crippen LogP contribution in [0.3, 0.4) is 0 Å². The third-order valence-corrected chi connectivity index (χ3v) is 5.62. The van der Waals surface area contributed by atoms with Crippen LogP contribution in [0.1, 0.15) is 32.3 Å². The Morgan fingerprint density at radius 1 is 1.33 bits per heavy atom. The van der Waals surface area contributed by atoms with Crippen molar-refractivity contribution >= 4 is 17.7 Å². The molecule has 0 radical (unpaired) electrons. The quantitative estimate of drug-likeness (QED) is 0.689. The predicted molar refractivity (Wildman–Crippen MR) is 89.6 cm³/mol. The number of thioether (sulfide) groups is 1. The number of rotatable bonds is 8. The zero-order chi connectivity index (χ0) is 15.9. The summed E-state index contributed by atoms with van der Waals surface area (Å²) in [4.78, 5) is 12.1. The fourth-order valence-electron chi connectivity index (χ4n) is 2.22. The van der Waals surface area contributed by atoms with E-state index in [1.807, 2.05) is 0 Å². The minimum atomic E-state index is -0.567. The molecule has 1 aromatic rings. The summed E-state index contributed by atoms with van der Waals surface area (Å²) < 4.78 is 0.0912. The molecule has 0 spiro atoms. The van der Waals surface area contributed by atoms with E-state index in [0.717, 1.165) is 18.4 Å². The topological polar surface area (TPSA) is 75.4 Å². The Bertz CT molecular complexity index is 436. The van der Waals surface area contributed by atoms with E-state index in [2.05, 4.69) is 25.4 Å². The highest BCUT2D eigenvalue weighted by molar-refractivity contribution is 8.00. The molecule has 1 rings (SSSR count). The molecule has 0 aliphatic heterocycles. The maximum absolute atomic E-state index is 12.1. The molecule has 0 fully saturated rings. The van der Waals surface area contributed by atoms with Crippen molar-refractivity contribution < 1.29 is 9.90 Å². The Morgan fingerprint density at radius 2 is 1.90 bits per heavy atom. The number of carbonyl (C=O) groups is 1. The standard InChI is InChI=1S/C16H26N2O2S/c1-4-16(5-2,21-3)11-18-15(20)14(17)10-12-6-8-13(19)9-7-12/h6-9,14,19H,4-5,10-11,17H2,1-3H3,(H,18,20)/t14-/m1/s1. The summed E-state index contributed by atoms with van der Waals surface area (Å²) in [7, 11) is 0. The Labute approximate surface area is 131 Å². The van der Waals surface area contributed by atoms with E-state index in [4.69, 9.17) is 5.73 Å². The molecule has 0 saturated carbocycles. The second-order valence-corrected chi connectivity index (χ2v) is 6.56. The van der Waals surface area contributed by atoms with Crippen molar-refractivity contribution in [2.75, 3.05) is 12.8 Å². The lowest BCUT2D eigenvalue weighted by Gasteiger charge is -2.30. The molecule has 1 amide bonds. The van der Waals surface area contributed by atoms with Crippen LogP contribution < -0.4 is 11.1 Å². The lowest BCUT2D eigenvalue weighted by molar-refractivity contribution is -0.122. The van der Waals surface area contributed by atoms with Crippen LogP contribution in [0.25, 0.3) is 0 Å². The van der Waals surface area contributed by atoms with Gasteiger partial charge in [-0.3, -0.25) is 4.79 Å². The number of benzene rings is 1.